The number of aromatic nitrogens is 2. The molecule has 0 amide bonds. The molecule has 0 saturated carbocycles. The van der Waals surface area contributed by atoms with Crippen molar-refractivity contribution in [2.75, 3.05) is 25.6 Å². The summed E-state index contributed by atoms with van der Waals surface area (Å²) in [5.74, 6) is 0.828. The van der Waals surface area contributed by atoms with Crippen LogP contribution >= 0.6 is 15.9 Å². The van der Waals surface area contributed by atoms with Crippen molar-refractivity contribution < 1.29 is 13.2 Å². The van der Waals surface area contributed by atoms with E-state index in [1.165, 1.54) is 6.07 Å². The van der Waals surface area contributed by atoms with Gasteiger partial charge in [-0.15, -0.1) is 0 Å². The van der Waals surface area contributed by atoms with E-state index in [-0.39, 0.29) is 11.4 Å². The predicted molar refractivity (Wildman–Crippen MR) is 95.7 cm³/mol. The number of benzene rings is 1. The molecule has 9 heteroatoms. The molecule has 24 heavy (non-hydrogen) atoms. The molecule has 0 aliphatic heterocycles. The van der Waals surface area contributed by atoms with Crippen molar-refractivity contribution in [1.82, 2.24) is 14.7 Å². The van der Waals surface area contributed by atoms with Gasteiger partial charge in [-0.05, 0) is 31.2 Å². The van der Waals surface area contributed by atoms with Gasteiger partial charge >= 0.3 is 0 Å². The van der Waals surface area contributed by atoms with Crippen molar-refractivity contribution in [3.05, 3.63) is 40.6 Å². The molecule has 1 aromatic heterocycles. The van der Waals surface area contributed by atoms with Crippen LogP contribution in [0.4, 0.5) is 5.95 Å². The fourth-order valence-corrected chi connectivity index (χ4v) is 3.59. The van der Waals surface area contributed by atoms with E-state index in [9.17, 15) is 8.42 Å². The van der Waals surface area contributed by atoms with Crippen LogP contribution in [0.5, 0.6) is 5.75 Å². The Kier molecular flexibility index (Phi) is 6.14. The molecule has 1 heterocycles. The number of ether oxygens (including phenoxy) is 1. The van der Waals surface area contributed by atoms with Crippen molar-refractivity contribution in [2.24, 2.45) is 0 Å². The number of hydrogen-bond acceptors (Lipinski definition) is 6. The number of anilines is 1. The van der Waals surface area contributed by atoms with Gasteiger partial charge in [-0.1, -0.05) is 15.9 Å². The second-order valence-corrected chi connectivity index (χ2v) is 7.74. The second-order valence-electron chi connectivity index (χ2n) is 5.09. The van der Waals surface area contributed by atoms with Gasteiger partial charge < -0.3 is 9.64 Å². The first-order chi connectivity index (χ1) is 11.3. The summed E-state index contributed by atoms with van der Waals surface area (Å²) in [5.41, 5.74) is 0.574. The standard InChI is InChI=1S/C15H19BrN4O3S/c1-4-23-13-6-5-11(16)9-14(13)24(21,22)18-10-12-7-8-17-15(19-12)20(2)3/h5-9,18H,4,10H2,1-3H3. The van der Waals surface area contributed by atoms with Gasteiger partial charge in [0.25, 0.3) is 0 Å². The predicted octanol–water partition coefficient (Wildman–Crippen LogP) is 2.18. The number of nitrogens with one attached hydrogen (secondary N) is 1. The van der Waals surface area contributed by atoms with Gasteiger partial charge in [0, 0.05) is 24.8 Å². The Morgan fingerprint density at radius 3 is 2.71 bits per heavy atom. The summed E-state index contributed by atoms with van der Waals surface area (Å²) < 4.78 is 33.8. The molecule has 0 spiro atoms. The van der Waals surface area contributed by atoms with Crippen LogP contribution in [-0.2, 0) is 16.6 Å². The molecule has 0 fully saturated rings. The topological polar surface area (TPSA) is 84.4 Å². The molecule has 2 aromatic rings. The fourth-order valence-electron chi connectivity index (χ4n) is 1.91. The minimum atomic E-state index is -3.75. The quantitative estimate of drug-likeness (QED) is 0.747. The molecule has 1 aromatic carbocycles. The van der Waals surface area contributed by atoms with E-state index in [2.05, 4.69) is 30.6 Å². The summed E-state index contributed by atoms with van der Waals surface area (Å²) in [5, 5.41) is 0. The van der Waals surface area contributed by atoms with Gasteiger partial charge in [0.2, 0.25) is 16.0 Å². The van der Waals surface area contributed by atoms with Crippen molar-refractivity contribution in [1.29, 1.82) is 0 Å². The van der Waals surface area contributed by atoms with Gasteiger partial charge in [-0.2, -0.15) is 0 Å². The maximum Gasteiger partial charge on any atom is 0.244 e. The van der Waals surface area contributed by atoms with Gasteiger partial charge in [0.1, 0.15) is 10.6 Å². The van der Waals surface area contributed by atoms with Crippen molar-refractivity contribution in [3.63, 3.8) is 0 Å². The molecule has 130 valence electrons. The lowest BCUT2D eigenvalue weighted by Gasteiger charge is -2.13. The van der Waals surface area contributed by atoms with E-state index < -0.39 is 10.0 Å². The monoisotopic (exact) mass is 414 g/mol. The molecule has 7 nitrogen and oxygen atoms in total. The first-order valence-electron chi connectivity index (χ1n) is 7.24. The van der Waals surface area contributed by atoms with E-state index in [4.69, 9.17) is 4.74 Å². The van der Waals surface area contributed by atoms with E-state index in [0.29, 0.717) is 28.5 Å². The van der Waals surface area contributed by atoms with Gasteiger partial charge in [-0.3, -0.25) is 0 Å². The van der Waals surface area contributed by atoms with Gasteiger partial charge in [0.05, 0.1) is 18.8 Å². The van der Waals surface area contributed by atoms with Crippen molar-refractivity contribution in [3.8, 4) is 5.75 Å². The molecule has 0 aliphatic carbocycles. The zero-order valence-electron chi connectivity index (χ0n) is 13.7. The lowest BCUT2D eigenvalue weighted by atomic mass is 10.3. The minimum absolute atomic E-state index is 0.0593. The van der Waals surface area contributed by atoms with Crippen LogP contribution in [0.15, 0.2) is 39.8 Å². The smallest absolute Gasteiger partial charge is 0.244 e. The maximum atomic E-state index is 12.6. The summed E-state index contributed by atoms with van der Waals surface area (Å²) in [6.45, 7) is 2.24. The lowest BCUT2D eigenvalue weighted by molar-refractivity contribution is 0.331. The van der Waals surface area contributed by atoms with Crippen LogP contribution in [-0.4, -0.2) is 39.1 Å². The third-order valence-corrected chi connectivity index (χ3v) is 4.95. The first kappa shape index (κ1) is 18.6. The summed E-state index contributed by atoms with van der Waals surface area (Å²) in [6, 6.07) is 6.53. The van der Waals surface area contributed by atoms with Crippen LogP contribution in [0.25, 0.3) is 0 Å². The zero-order chi connectivity index (χ0) is 17.7. The molecule has 0 atom stereocenters. The van der Waals surface area contributed by atoms with E-state index >= 15 is 0 Å². The SMILES string of the molecule is CCOc1ccc(Br)cc1S(=O)(=O)NCc1ccnc(N(C)C)n1. The Morgan fingerprint density at radius 2 is 2.04 bits per heavy atom. The van der Waals surface area contributed by atoms with Crippen LogP contribution in [0.1, 0.15) is 12.6 Å². The zero-order valence-corrected chi connectivity index (χ0v) is 16.1. The Morgan fingerprint density at radius 1 is 1.29 bits per heavy atom. The molecule has 0 radical (unpaired) electrons. The van der Waals surface area contributed by atoms with Gasteiger partial charge in [0.15, 0.2) is 0 Å². The van der Waals surface area contributed by atoms with E-state index in [0.717, 1.165) is 0 Å². The highest BCUT2D eigenvalue weighted by molar-refractivity contribution is 9.10. The molecule has 0 aliphatic rings. The number of halogens is 1. The minimum Gasteiger partial charge on any atom is -0.492 e. The largest absolute Gasteiger partial charge is 0.492 e. The van der Waals surface area contributed by atoms with E-state index in [1.807, 2.05) is 14.1 Å². The Hall–Kier alpha value is -1.71. The Labute approximate surface area is 150 Å². The highest BCUT2D eigenvalue weighted by Gasteiger charge is 2.20. The summed E-state index contributed by atoms with van der Waals surface area (Å²) in [7, 11) is -0.109. The molecule has 0 bridgehead atoms. The van der Waals surface area contributed by atoms with Gasteiger partial charge in [-0.25, -0.2) is 23.1 Å². The van der Waals surface area contributed by atoms with Crippen LogP contribution in [0.3, 0.4) is 0 Å². The number of rotatable bonds is 7. The average molecular weight is 415 g/mol. The van der Waals surface area contributed by atoms with Crippen molar-refractivity contribution >= 4 is 31.9 Å². The highest BCUT2D eigenvalue weighted by atomic mass is 79.9. The van der Waals surface area contributed by atoms with Crippen molar-refractivity contribution in [2.45, 2.75) is 18.4 Å². The summed E-state index contributed by atoms with van der Waals surface area (Å²) in [4.78, 5) is 10.2. The Balaban J connectivity index is 2.23. The number of hydrogen-bond donors (Lipinski definition) is 1. The molecule has 0 unspecified atom stereocenters. The molecule has 0 saturated heterocycles. The third-order valence-electron chi connectivity index (χ3n) is 3.04. The average Bonchev–Trinajstić information content (AvgIpc) is 2.55. The second kappa shape index (κ2) is 7.91. The number of sulfonamides is 1. The first-order valence-corrected chi connectivity index (χ1v) is 9.52. The summed E-state index contributed by atoms with van der Waals surface area (Å²) in [6.07, 6.45) is 1.59. The van der Waals surface area contributed by atoms with Crippen LogP contribution in [0.2, 0.25) is 0 Å². The fraction of sp³-hybridized carbons (Fsp3) is 0.333. The molecular formula is C15H19BrN4O3S. The Bertz CT molecular complexity index is 812. The van der Waals surface area contributed by atoms with Crippen LogP contribution in [0, 0.1) is 0 Å². The van der Waals surface area contributed by atoms with Crippen LogP contribution < -0.4 is 14.4 Å². The third kappa shape index (κ3) is 4.65. The lowest BCUT2D eigenvalue weighted by Crippen LogP contribution is -2.25. The summed E-state index contributed by atoms with van der Waals surface area (Å²) >= 11 is 3.29. The van der Waals surface area contributed by atoms with E-state index in [1.54, 1.807) is 36.2 Å². The number of nitrogens with zero attached hydrogens (tertiary/aromatic N) is 3. The maximum absolute atomic E-state index is 12.6. The highest BCUT2D eigenvalue weighted by Crippen LogP contribution is 2.27. The molecule has 1 N–H and O–H groups in total. The molecule has 2 rings (SSSR count). The normalized spacial score (nSPS) is 11.3. The molecular weight excluding hydrogens is 396 g/mol.